The molecule has 0 bridgehead atoms. The van der Waals surface area contributed by atoms with E-state index in [0.29, 0.717) is 17.4 Å². The Morgan fingerprint density at radius 3 is 1.95 bits per heavy atom. The van der Waals surface area contributed by atoms with Crippen molar-refractivity contribution in [2.24, 2.45) is 0 Å². The van der Waals surface area contributed by atoms with E-state index in [-0.39, 0.29) is 5.92 Å². The van der Waals surface area contributed by atoms with E-state index < -0.39 is 0 Å². The molecule has 0 aromatic heterocycles. The molecule has 0 atom stereocenters. The molecule has 2 aromatic carbocycles. The molecular weight excluding hydrogens is 260 g/mol. The van der Waals surface area contributed by atoms with E-state index in [9.17, 15) is 10.2 Å². The van der Waals surface area contributed by atoms with E-state index in [1.807, 2.05) is 25.1 Å². The predicted molar refractivity (Wildman–Crippen MR) is 88.1 cm³/mol. The van der Waals surface area contributed by atoms with Gasteiger partial charge in [-0.3, -0.25) is 0 Å². The molecule has 112 valence electrons. The average Bonchev–Trinajstić information content (AvgIpc) is 2.38. The van der Waals surface area contributed by atoms with Crippen molar-refractivity contribution in [3.05, 3.63) is 47.0 Å². The van der Waals surface area contributed by atoms with Gasteiger partial charge in [-0.2, -0.15) is 0 Å². The zero-order valence-electron chi connectivity index (χ0n) is 13.4. The van der Waals surface area contributed by atoms with Crippen LogP contribution in [0.25, 0.3) is 11.1 Å². The summed E-state index contributed by atoms with van der Waals surface area (Å²) < 4.78 is 0. The summed E-state index contributed by atoms with van der Waals surface area (Å²) in [6, 6.07) is 9.44. The Morgan fingerprint density at radius 1 is 0.762 bits per heavy atom. The molecule has 0 unspecified atom stereocenters. The number of hydrogen-bond acceptors (Lipinski definition) is 2. The van der Waals surface area contributed by atoms with Crippen LogP contribution >= 0.6 is 0 Å². The van der Waals surface area contributed by atoms with Crippen molar-refractivity contribution in [2.45, 2.75) is 46.5 Å². The molecule has 0 radical (unpaired) electrons. The summed E-state index contributed by atoms with van der Waals surface area (Å²) in [7, 11) is 0. The second-order valence-electron chi connectivity index (χ2n) is 6.31. The van der Waals surface area contributed by atoms with Crippen LogP contribution in [0.4, 0.5) is 0 Å². The van der Waals surface area contributed by atoms with Gasteiger partial charge in [-0.15, -0.1) is 0 Å². The molecular formula is C19H24O2. The first-order valence-electron chi connectivity index (χ1n) is 7.48. The summed E-state index contributed by atoms with van der Waals surface area (Å²) in [5, 5.41) is 19.9. The third-order valence-corrected chi connectivity index (χ3v) is 3.94. The van der Waals surface area contributed by atoms with Crippen LogP contribution in [0.5, 0.6) is 11.5 Å². The fraction of sp³-hybridized carbons (Fsp3) is 0.368. The second kappa shape index (κ2) is 5.80. The van der Waals surface area contributed by atoms with Crippen LogP contribution in [0.2, 0.25) is 0 Å². The summed E-state index contributed by atoms with van der Waals surface area (Å²) in [4.78, 5) is 0. The first kappa shape index (κ1) is 15.4. The molecule has 21 heavy (non-hydrogen) atoms. The predicted octanol–water partition coefficient (Wildman–Crippen LogP) is 5.32. The molecule has 2 rings (SSSR count). The fourth-order valence-corrected chi connectivity index (χ4v) is 2.74. The maximum atomic E-state index is 10.1. The Kier molecular flexibility index (Phi) is 4.26. The van der Waals surface area contributed by atoms with E-state index in [4.69, 9.17) is 0 Å². The SMILES string of the molecule is Cc1cc(O)c(C(C)C)cc1-c1ccc(O)cc1C(C)C. The molecule has 0 aliphatic rings. The van der Waals surface area contributed by atoms with Crippen molar-refractivity contribution in [1.82, 2.24) is 0 Å². The van der Waals surface area contributed by atoms with Gasteiger partial charge in [-0.05, 0) is 70.8 Å². The van der Waals surface area contributed by atoms with Crippen LogP contribution in [0, 0.1) is 6.92 Å². The molecule has 2 heteroatoms. The summed E-state index contributed by atoms with van der Waals surface area (Å²) in [6.45, 7) is 10.4. The topological polar surface area (TPSA) is 40.5 Å². The monoisotopic (exact) mass is 284 g/mol. The number of rotatable bonds is 3. The van der Waals surface area contributed by atoms with Crippen LogP contribution < -0.4 is 0 Å². The van der Waals surface area contributed by atoms with Crippen molar-refractivity contribution >= 4 is 0 Å². The van der Waals surface area contributed by atoms with Crippen molar-refractivity contribution in [3.8, 4) is 22.6 Å². The van der Waals surface area contributed by atoms with Crippen LogP contribution in [0.1, 0.15) is 56.2 Å². The van der Waals surface area contributed by atoms with Crippen molar-refractivity contribution in [2.75, 3.05) is 0 Å². The highest BCUT2D eigenvalue weighted by Gasteiger charge is 2.15. The molecule has 0 amide bonds. The number of phenolic OH excluding ortho intramolecular Hbond substituents is 2. The van der Waals surface area contributed by atoms with Crippen LogP contribution in [0.3, 0.4) is 0 Å². The highest BCUT2D eigenvalue weighted by atomic mass is 16.3. The molecule has 2 nitrogen and oxygen atoms in total. The normalized spacial score (nSPS) is 11.4. The first-order chi connectivity index (χ1) is 9.81. The number of benzene rings is 2. The van der Waals surface area contributed by atoms with Gasteiger partial charge in [0.05, 0.1) is 0 Å². The maximum absolute atomic E-state index is 10.1. The lowest BCUT2D eigenvalue weighted by Crippen LogP contribution is -1.97. The van der Waals surface area contributed by atoms with Crippen molar-refractivity contribution in [3.63, 3.8) is 0 Å². The standard InChI is InChI=1S/C19H24O2/c1-11(2)16-9-14(20)6-7-15(16)18-10-17(12(3)4)19(21)8-13(18)5/h6-12,20-21H,1-5H3. The minimum atomic E-state index is 0.268. The molecule has 0 aliphatic heterocycles. The summed E-state index contributed by atoms with van der Waals surface area (Å²) >= 11 is 0. The van der Waals surface area contributed by atoms with E-state index in [2.05, 4.69) is 33.8 Å². The van der Waals surface area contributed by atoms with Gasteiger partial charge in [0.15, 0.2) is 0 Å². The number of aromatic hydroxyl groups is 2. The minimum absolute atomic E-state index is 0.268. The summed E-state index contributed by atoms with van der Waals surface area (Å²) in [5.74, 6) is 1.24. The zero-order chi connectivity index (χ0) is 15.7. The molecule has 2 N–H and O–H groups in total. The van der Waals surface area contributed by atoms with Gasteiger partial charge in [0.2, 0.25) is 0 Å². The lowest BCUT2D eigenvalue weighted by molar-refractivity contribution is 0.464. The van der Waals surface area contributed by atoms with Crippen LogP contribution in [0.15, 0.2) is 30.3 Å². The summed E-state index contributed by atoms with van der Waals surface area (Å²) in [6.07, 6.45) is 0. The second-order valence-corrected chi connectivity index (χ2v) is 6.31. The van der Waals surface area contributed by atoms with Gasteiger partial charge >= 0.3 is 0 Å². The van der Waals surface area contributed by atoms with Gasteiger partial charge in [0.25, 0.3) is 0 Å². The lowest BCUT2D eigenvalue weighted by atomic mass is 9.87. The van der Waals surface area contributed by atoms with Gasteiger partial charge in [-0.1, -0.05) is 33.8 Å². The molecule has 0 saturated carbocycles. The third-order valence-electron chi connectivity index (χ3n) is 3.94. The Bertz CT molecular complexity index is 655. The molecule has 0 fully saturated rings. The van der Waals surface area contributed by atoms with Crippen LogP contribution in [-0.2, 0) is 0 Å². The summed E-state index contributed by atoms with van der Waals surface area (Å²) in [5.41, 5.74) is 5.38. The number of hydrogen-bond donors (Lipinski definition) is 2. The van der Waals surface area contributed by atoms with E-state index in [1.165, 1.54) is 0 Å². The van der Waals surface area contributed by atoms with Gasteiger partial charge in [0.1, 0.15) is 11.5 Å². The Morgan fingerprint density at radius 2 is 1.38 bits per heavy atom. The highest BCUT2D eigenvalue weighted by molar-refractivity contribution is 5.74. The smallest absolute Gasteiger partial charge is 0.119 e. The molecule has 0 spiro atoms. The van der Waals surface area contributed by atoms with E-state index in [1.54, 1.807) is 6.07 Å². The third kappa shape index (κ3) is 3.05. The van der Waals surface area contributed by atoms with Crippen LogP contribution in [-0.4, -0.2) is 10.2 Å². The fourth-order valence-electron chi connectivity index (χ4n) is 2.74. The number of phenols is 2. The lowest BCUT2D eigenvalue weighted by Gasteiger charge is -2.18. The first-order valence-corrected chi connectivity index (χ1v) is 7.48. The largest absolute Gasteiger partial charge is 0.508 e. The van der Waals surface area contributed by atoms with E-state index >= 15 is 0 Å². The zero-order valence-corrected chi connectivity index (χ0v) is 13.4. The van der Waals surface area contributed by atoms with Crippen molar-refractivity contribution < 1.29 is 10.2 Å². The molecule has 0 heterocycles. The van der Waals surface area contributed by atoms with E-state index in [0.717, 1.165) is 27.8 Å². The van der Waals surface area contributed by atoms with Gasteiger partial charge in [-0.25, -0.2) is 0 Å². The quantitative estimate of drug-likeness (QED) is 0.800. The minimum Gasteiger partial charge on any atom is -0.508 e. The van der Waals surface area contributed by atoms with Gasteiger partial charge in [0, 0.05) is 0 Å². The molecule has 0 aliphatic carbocycles. The van der Waals surface area contributed by atoms with Gasteiger partial charge < -0.3 is 10.2 Å². The average molecular weight is 284 g/mol. The number of aryl methyl sites for hydroxylation is 1. The highest BCUT2D eigenvalue weighted by Crippen LogP contribution is 2.38. The Labute approximate surface area is 127 Å². The molecule has 0 saturated heterocycles. The molecule has 2 aromatic rings. The Balaban J connectivity index is 2.70. The van der Waals surface area contributed by atoms with Crippen molar-refractivity contribution in [1.29, 1.82) is 0 Å². The maximum Gasteiger partial charge on any atom is 0.119 e. The Hall–Kier alpha value is -1.96.